The van der Waals surface area contributed by atoms with Gasteiger partial charge in [0, 0.05) is 12.1 Å². The summed E-state index contributed by atoms with van der Waals surface area (Å²) < 4.78 is 0. The molecule has 12 heavy (non-hydrogen) atoms. The van der Waals surface area contributed by atoms with E-state index in [1.807, 2.05) is 13.8 Å². The van der Waals surface area contributed by atoms with Crippen molar-refractivity contribution in [2.45, 2.75) is 59.0 Å². The van der Waals surface area contributed by atoms with Gasteiger partial charge in [0.2, 0.25) is 0 Å². The maximum atomic E-state index is 3.61. The van der Waals surface area contributed by atoms with Crippen LogP contribution in [0.5, 0.6) is 0 Å². The van der Waals surface area contributed by atoms with Gasteiger partial charge in [-0.2, -0.15) is 0 Å². The molecule has 2 rings (SSSR count). The molecule has 0 amide bonds. The van der Waals surface area contributed by atoms with E-state index in [1.165, 1.54) is 19.3 Å². The third-order valence-electron chi connectivity index (χ3n) is 2.99. The van der Waals surface area contributed by atoms with Crippen LogP contribution >= 0.6 is 0 Å². The Morgan fingerprint density at radius 1 is 1.17 bits per heavy atom. The predicted octanol–water partition coefficient (Wildman–Crippen LogP) is 2.87. The van der Waals surface area contributed by atoms with Crippen molar-refractivity contribution in [2.24, 2.45) is 0 Å². The van der Waals surface area contributed by atoms with Crippen LogP contribution < -0.4 is 5.32 Å². The third kappa shape index (κ3) is 1.71. The number of hydrogen-bond donors (Lipinski definition) is 1. The molecule has 0 aromatic heterocycles. The number of nitrogens with one attached hydrogen (secondary N) is 1. The monoisotopic (exact) mass is 167 g/mol. The molecule has 1 saturated heterocycles. The minimum absolute atomic E-state index is 0.735. The van der Waals surface area contributed by atoms with Crippen LogP contribution in [0.2, 0.25) is 0 Å². The van der Waals surface area contributed by atoms with Crippen molar-refractivity contribution < 1.29 is 0 Å². The molecule has 2 bridgehead atoms. The molecule has 1 fully saturated rings. The zero-order valence-corrected chi connectivity index (χ0v) is 8.78. The zero-order chi connectivity index (χ0) is 9.14. The molecule has 0 saturated carbocycles. The minimum atomic E-state index is 0.735. The molecule has 0 spiro atoms. The second-order valence-corrected chi connectivity index (χ2v) is 3.66. The van der Waals surface area contributed by atoms with Gasteiger partial charge in [-0.3, -0.25) is 0 Å². The fraction of sp³-hybridized carbons (Fsp3) is 0.818. The van der Waals surface area contributed by atoms with Gasteiger partial charge in [-0.1, -0.05) is 25.0 Å². The average Bonchev–Trinajstić information content (AvgIpc) is 2.50. The highest BCUT2D eigenvalue weighted by Gasteiger charge is 2.29. The Balaban J connectivity index is 0.000000336. The highest BCUT2D eigenvalue weighted by atomic mass is 15.0. The lowest BCUT2D eigenvalue weighted by atomic mass is 9.98. The van der Waals surface area contributed by atoms with Crippen molar-refractivity contribution in [1.82, 2.24) is 5.32 Å². The maximum Gasteiger partial charge on any atom is 0.0282 e. The van der Waals surface area contributed by atoms with Gasteiger partial charge >= 0.3 is 0 Å². The van der Waals surface area contributed by atoms with Gasteiger partial charge in [0.25, 0.3) is 0 Å². The van der Waals surface area contributed by atoms with E-state index in [-0.39, 0.29) is 0 Å². The highest BCUT2D eigenvalue weighted by Crippen LogP contribution is 2.30. The van der Waals surface area contributed by atoms with Gasteiger partial charge in [0.15, 0.2) is 0 Å². The summed E-state index contributed by atoms with van der Waals surface area (Å²) in [5.74, 6) is 0. The minimum Gasteiger partial charge on any atom is -0.307 e. The quantitative estimate of drug-likeness (QED) is 0.547. The largest absolute Gasteiger partial charge is 0.307 e. The fourth-order valence-corrected chi connectivity index (χ4v) is 2.15. The summed E-state index contributed by atoms with van der Waals surface area (Å²) in [7, 11) is 0. The van der Waals surface area contributed by atoms with Crippen LogP contribution in [0.3, 0.4) is 0 Å². The molecule has 2 atom stereocenters. The van der Waals surface area contributed by atoms with Crippen molar-refractivity contribution in [1.29, 1.82) is 0 Å². The lowest BCUT2D eigenvalue weighted by Gasteiger charge is -2.23. The van der Waals surface area contributed by atoms with Crippen LogP contribution in [0.15, 0.2) is 11.1 Å². The van der Waals surface area contributed by atoms with Gasteiger partial charge in [-0.05, 0) is 33.1 Å². The van der Waals surface area contributed by atoms with Crippen LogP contribution in [-0.2, 0) is 0 Å². The second-order valence-electron chi connectivity index (χ2n) is 3.66. The zero-order valence-electron chi connectivity index (χ0n) is 8.78. The number of fused-ring (bicyclic) bond motifs is 2. The molecule has 1 heteroatoms. The highest BCUT2D eigenvalue weighted by molar-refractivity contribution is 5.23. The van der Waals surface area contributed by atoms with Crippen molar-refractivity contribution in [3.8, 4) is 0 Å². The lowest BCUT2D eigenvalue weighted by Crippen LogP contribution is -2.34. The normalized spacial score (nSPS) is 33.0. The van der Waals surface area contributed by atoms with Gasteiger partial charge in [-0.15, -0.1) is 0 Å². The topological polar surface area (TPSA) is 12.0 Å². The predicted molar refractivity (Wildman–Crippen MR) is 54.3 cm³/mol. The van der Waals surface area contributed by atoms with E-state index in [4.69, 9.17) is 0 Å². The molecule has 2 heterocycles. The van der Waals surface area contributed by atoms with E-state index in [1.54, 1.807) is 11.1 Å². The van der Waals surface area contributed by atoms with E-state index in [0.717, 1.165) is 12.1 Å². The summed E-state index contributed by atoms with van der Waals surface area (Å²) in [6.07, 6.45) is 4.05. The summed E-state index contributed by atoms with van der Waals surface area (Å²) in [5.41, 5.74) is 3.24. The first-order valence-electron chi connectivity index (χ1n) is 5.19. The van der Waals surface area contributed by atoms with Gasteiger partial charge in [-0.25, -0.2) is 0 Å². The summed E-state index contributed by atoms with van der Waals surface area (Å²) in [4.78, 5) is 0. The molecule has 2 aliphatic heterocycles. The Morgan fingerprint density at radius 2 is 1.83 bits per heavy atom. The third-order valence-corrected chi connectivity index (χ3v) is 2.99. The summed E-state index contributed by atoms with van der Waals surface area (Å²) in [6, 6.07) is 1.55. The first-order chi connectivity index (χ1) is 5.77. The SMILES string of the molecule is CC.CC1=C(C)C2CCC(C1)N2. The smallest absolute Gasteiger partial charge is 0.0282 e. The Kier molecular flexibility index (Phi) is 3.33. The number of hydrogen-bond acceptors (Lipinski definition) is 1. The Labute approximate surface area is 76.2 Å². The Hall–Kier alpha value is -0.300. The van der Waals surface area contributed by atoms with Crippen molar-refractivity contribution >= 4 is 0 Å². The molecule has 2 aliphatic rings. The van der Waals surface area contributed by atoms with Gasteiger partial charge in [0.05, 0.1) is 0 Å². The first-order valence-corrected chi connectivity index (χ1v) is 5.19. The molecular weight excluding hydrogens is 146 g/mol. The Bertz CT molecular complexity index is 181. The summed E-state index contributed by atoms with van der Waals surface area (Å²) in [5, 5.41) is 3.61. The van der Waals surface area contributed by atoms with Crippen molar-refractivity contribution in [2.75, 3.05) is 0 Å². The van der Waals surface area contributed by atoms with Crippen molar-refractivity contribution in [3.05, 3.63) is 11.1 Å². The number of rotatable bonds is 0. The van der Waals surface area contributed by atoms with Crippen molar-refractivity contribution in [3.63, 3.8) is 0 Å². The van der Waals surface area contributed by atoms with Crippen LogP contribution in [0, 0.1) is 0 Å². The fourth-order valence-electron chi connectivity index (χ4n) is 2.15. The van der Waals surface area contributed by atoms with E-state index < -0.39 is 0 Å². The molecule has 0 radical (unpaired) electrons. The maximum absolute atomic E-state index is 3.61. The molecular formula is C11H21N. The van der Waals surface area contributed by atoms with E-state index in [9.17, 15) is 0 Å². The van der Waals surface area contributed by atoms with Gasteiger partial charge in [0.1, 0.15) is 0 Å². The van der Waals surface area contributed by atoms with Gasteiger partial charge < -0.3 is 5.32 Å². The average molecular weight is 167 g/mol. The van der Waals surface area contributed by atoms with Crippen LogP contribution in [0.4, 0.5) is 0 Å². The summed E-state index contributed by atoms with van der Waals surface area (Å²) in [6.45, 7) is 8.55. The molecule has 0 aromatic rings. The molecule has 0 aliphatic carbocycles. The molecule has 1 nitrogen and oxygen atoms in total. The first kappa shape index (κ1) is 9.79. The van der Waals surface area contributed by atoms with E-state index in [0.29, 0.717) is 0 Å². The standard InChI is InChI=1S/C9H15N.C2H6/c1-6-5-8-3-4-9(10-8)7(6)2;1-2/h8-10H,3-5H2,1-2H3;1-2H3. The van der Waals surface area contributed by atoms with Crippen LogP contribution in [0.1, 0.15) is 47.0 Å². The molecule has 70 valence electrons. The van der Waals surface area contributed by atoms with Crippen LogP contribution in [-0.4, -0.2) is 12.1 Å². The van der Waals surface area contributed by atoms with Crippen LogP contribution in [0.25, 0.3) is 0 Å². The van der Waals surface area contributed by atoms with E-state index >= 15 is 0 Å². The molecule has 0 aromatic carbocycles. The molecule has 2 unspecified atom stereocenters. The second kappa shape index (κ2) is 4.08. The van der Waals surface area contributed by atoms with E-state index in [2.05, 4.69) is 19.2 Å². The Morgan fingerprint density at radius 3 is 2.50 bits per heavy atom. The lowest BCUT2D eigenvalue weighted by molar-refractivity contribution is 0.531. The molecule has 1 N–H and O–H groups in total. The summed E-state index contributed by atoms with van der Waals surface area (Å²) >= 11 is 0.